The van der Waals surface area contributed by atoms with Crippen molar-refractivity contribution in [3.8, 4) is 5.75 Å². The van der Waals surface area contributed by atoms with E-state index in [2.05, 4.69) is 10.6 Å². The van der Waals surface area contributed by atoms with E-state index in [1.807, 2.05) is 18.2 Å². The fourth-order valence-electron chi connectivity index (χ4n) is 2.58. The number of hydrogen-bond donors (Lipinski definition) is 2. The molecule has 112 valence electrons. The molecule has 0 saturated carbocycles. The summed E-state index contributed by atoms with van der Waals surface area (Å²) in [5.74, 6) is -0.171. The minimum absolute atomic E-state index is 0.146. The molecule has 0 fully saturated rings. The minimum atomic E-state index is -0.490. The van der Waals surface area contributed by atoms with E-state index in [4.69, 9.17) is 4.74 Å². The number of anilines is 2. The highest BCUT2D eigenvalue weighted by Gasteiger charge is 2.30. The van der Waals surface area contributed by atoms with Gasteiger partial charge < -0.3 is 15.4 Å². The Morgan fingerprint density at radius 1 is 1.23 bits per heavy atom. The van der Waals surface area contributed by atoms with Crippen LogP contribution in [0.5, 0.6) is 5.75 Å². The first-order chi connectivity index (χ1) is 10.7. The van der Waals surface area contributed by atoms with Gasteiger partial charge in [0, 0.05) is 23.9 Å². The molecule has 2 aromatic rings. The number of methoxy groups -OCH3 is 1. The molecule has 5 heteroatoms. The standard InChI is InChI=1S/C17H16N2O3/c1-22-12-6-4-5-11(9-12)18-17(21)14-10-16(20)19-15-8-3-2-7-13(14)15/h2-9,14H,10H2,1H3,(H,18,21)(H,19,20). The third kappa shape index (κ3) is 2.79. The van der Waals surface area contributed by atoms with E-state index >= 15 is 0 Å². The van der Waals surface area contributed by atoms with Crippen molar-refractivity contribution in [2.24, 2.45) is 0 Å². The molecule has 0 radical (unpaired) electrons. The monoisotopic (exact) mass is 296 g/mol. The highest BCUT2D eigenvalue weighted by molar-refractivity contribution is 6.05. The van der Waals surface area contributed by atoms with Crippen LogP contribution in [0, 0.1) is 0 Å². The van der Waals surface area contributed by atoms with Gasteiger partial charge in [-0.05, 0) is 23.8 Å². The lowest BCUT2D eigenvalue weighted by atomic mass is 9.90. The molecule has 5 nitrogen and oxygen atoms in total. The Labute approximate surface area is 128 Å². The van der Waals surface area contributed by atoms with E-state index in [9.17, 15) is 9.59 Å². The number of carbonyl (C=O) groups excluding carboxylic acids is 2. The van der Waals surface area contributed by atoms with Crippen molar-refractivity contribution in [1.82, 2.24) is 0 Å². The lowest BCUT2D eigenvalue weighted by Gasteiger charge is -2.24. The van der Waals surface area contributed by atoms with E-state index in [0.717, 1.165) is 5.56 Å². The molecule has 2 amide bonds. The van der Waals surface area contributed by atoms with Gasteiger partial charge >= 0.3 is 0 Å². The highest BCUT2D eigenvalue weighted by Crippen LogP contribution is 2.33. The molecule has 22 heavy (non-hydrogen) atoms. The van der Waals surface area contributed by atoms with Gasteiger partial charge in [0.05, 0.1) is 13.0 Å². The second kappa shape index (κ2) is 5.89. The van der Waals surface area contributed by atoms with Crippen LogP contribution in [-0.2, 0) is 9.59 Å². The molecule has 1 unspecified atom stereocenters. The fourth-order valence-corrected chi connectivity index (χ4v) is 2.58. The van der Waals surface area contributed by atoms with Crippen LogP contribution in [0.3, 0.4) is 0 Å². The average Bonchev–Trinajstić information content (AvgIpc) is 2.54. The lowest BCUT2D eigenvalue weighted by Crippen LogP contribution is -2.30. The number of amides is 2. The maximum atomic E-state index is 12.5. The zero-order chi connectivity index (χ0) is 15.5. The van der Waals surface area contributed by atoms with E-state index < -0.39 is 5.92 Å². The molecule has 1 atom stereocenters. The van der Waals surface area contributed by atoms with Crippen molar-refractivity contribution in [3.63, 3.8) is 0 Å². The summed E-state index contributed by atoms with van der Waals surface area (Å²) in [5.41, 5.74) is 2.18. The van der Waals surface area contributed by atoms with E-state index in [0.29, 0.717) is 17.1 Å². The summed E-state index contributed by atoms with van der Waals surface area (Å²) in [7, 11) is 1.57. The first-order valence-electron chi connectivity index (χ1n) is 7.01. The maximum absolute atomic E-state index is 12.5. The molecule has 0 bridgehead atoms. The van der Waals surface area contributed by atoms with Gasteiger partial charge in [-0.2, -0.15) is 0 Å². The van der Waals surface area contributed by atoms with Crippen LogP contribution < -0.4 is 15.4 Å². The Morgan fingerprint density at radius 2 is 2.05 bits per heavy atom. The van der Waals surface area contributed by atoms with E-state index in [1.54, 1.807) is 37.4 Å². The van der Waals surface area contributed by atoms with Gasteiger partial charge in [0.25, 0.3) is 0 Å². The molecule has 2 N–H and O–H groups in total. The third-order valence-electron chi connectivity index (χ3n) is 3.65. The Morgan fingerprint density at radius 3 is 2.86 bits per heavy atom. The number of para-hydroxylation sites is 1. The van der Waals surface area contributed by atoms with Crippen LogP contribution in [-0.4, -0.2) is 18.9 Å². The summed E-state index contributed by atoms with van der Waals surface area (Å²) in [6.45, 7) is 0. The summed E-state index contributed by atoms with van der Waals surface area (Å²) in [6.07, 6.45) is 0.146. The molecular formula is C17H16N2O3. The molecule has 0 saturated heterocycles. The van der Waals surface area contributed by atoms with Crippen molar-refractivity contribution in [2.45, 2.75) is 12.3 Å². The molecular weight excluding hydrogens is 280 g/mol. The fraction of sp³-hybridized carbons (Fsp3) is 0.176. The number of benzene rings is 2. The zero-order valence-electron chi connectivity index (χ0n) is 12.1. The van der Waals surface area contributed by atoms with E-state index in [1.165, 1.54) is 0 Å². The second-order valence-electron chi connectivity index (χ2n) is 5.11. The predicted molar refractivity (Wildman–Crippen MR) is 84.1 cm³/mol. The largest absolute Gasteiger partial charge is 0.497 e. The second-order valence-corrected chi connectivity index (χ2v) is 5.11. The number of fused-ring (bicyclic) bond motifs is 1. The number of ether oxygens (including phenoxy) is 1. The summed E-state index contributed by atoms with van der Waals surface area (Å²) in [5, 5.41) is 5.64. The molecule has 1 aliphatic heterocycles. The summed E-state index contributed by atoms with van der Waals surface area (Å²) in [4.78, 5) is 24.3. The Bertz CT molecular complexity index is 727. The molecule has 0 aliphatic carbocycles. The Kier molecular flexibility index (Phi) is 3.78. The molecule has 2 aromatic carbocycles. The van der Waals surface area contributed by atoms with Crippen molar-refractivity contribution in [2.75, 3.05) is 17.7 Å². The SMILES string of the molecule is COc1cccc(NC(=O)C2CC(=O)Nc3ccccc32)c1. The average molecular weight is 296 g/mol. The zero-order valence-corrected chi connectivity index (χ0v) is 12.1. The summed E-state index contributed by atoms with van der Waals surface area (Å²) >= 11 is 0. The van der Waals surface area contributed by atoms with Crippen LogP contribution in [0.2, 0.25) is 0 Å². The first kappa shape index (κ1) is 14.1. The summed E-state index contributed by atoms with van der Waals surface area (Å²) < 4.78 is 5.14. The van der Waals surface area contributed by atoms with Gasteiger partial charge in [0.2, 0.25) is 11.8 Å². The number of nitrogens with one attached hydrogen (secondary N) is 2. The first-order valence-corrected chi connectivity index (χ1v) is 7.01. The number of hydrogen-bond acceptors (Lipinski definition) is 3. The summed E-state index contributed by atoms with van der Waals surface area (Å²) in [6, 6.07) is 14.5. The molecule has 1 heterocycles. The molecule has 3 rings (SSSR count). The van der Waals surface area contributed by atoms with Crippen molar-refractivity contribution >= 4 is 23.2 Å². The molecule has 0 spiro atoms. The van der Waals surface area contributed by atoms with Gasteiger partial charge in [0.15, 0.2) is 0 Å². The van der Waals surface area contributed by atoms with Crippen molar-refractivity contribution in [1.29, 1.82) is 0 Å². The highest BCUT2D eigenvalue weighted by atomic mass is 16.5. The van der Waals surface area contributed by atoms with Crippen LogP contribution in [0.4, 0.5) is 11.4 Å². The van der Waals surface area contributed by atoms with Gasteiger partial charge in [-0.1, -0.05) is 24.3 Å². The quantitative estimate of drug-likeness (QED) is 0.915. The molecule has 0 aromatic heterocycles. The number of rotatable bonds is 3. The number of carbonyl (C=O) groups is 2. The van der Waals surface area contributed by atoms with Crippen LogP contribution in [0.25, 0.3) is 0 Å². The van der Waals surface area contributed by atoms with Gasteiger partial charge in [0.1, 0.15) is 5.75 Å². The van der Waals surface area contributed by atoms with Gasteiger partial charge in [-0.25, -0.2) is 0 Å². The Balaban J connectivity index is 1.84. The topological polar surface area (TPSA) is 67.4 Å². The van der Waals surface area contributed by atoms with Crippen LogP contribution in [0.1, 0.15) is 17.9 Å². The Hall–Kier alpha value is -2.82. The van der Waals surface area contributed by atoms with Gasteiger partial charge in [-0.3, -0.25) is 9.59 Å². The minimum Gasteiger partial charge on any atom is -0.497 e. The predicted octanol–water partition coefficient (Wildman–Crippen LogP) is 2.76. The lowest BCUT2D eigenvalue weighted by molar-refractivity contribution is -0.123. The van der Waals surface area contributed by atoms with Crippen LogP contribution >= 0.6 is 0 Å². The molecule has 1 aliphatic rings. The van der Waals surface area contributed by atoms with E-state index in [-0.39, 0.29) is 18.2 Å². The normalized spacial score (nSPS) is 16.4. The van der Waals surface area contributed by atoms with Crippen molar-refractivity contribution in [3.05, 3.63) is 54.1 Å². The van der Waals surface area contributed by atoms with Crippen molar-refractivity contribution < 1.29 is 14.3 Å². The van der Waals surface area contributed by atoms with Crippen LogP contribution in [0.15, 0.2) is 48.5 Å². The smallest absolute Gasteiger partial charge is 0.232 e. The maximum Gasteiger partial charge on any atom is 0.232 e. The van der Waals surface area contributed by atoms with Gasteiger partial charge in [-0.15, -0.1) is 0 Å². The third-order valence-corrected chi connectivity index (χ3v) is 3.65.